The molecule has 1 aromatic rings. The fourth-order valence-electron chi connectivity index (χ4n) is 1.88. The van der Waals surface area contributed by atoms with Crippen LogP contribution in [0.15, 0.2) is 18.3 Å². The second-order valence-corrected chi connectivity index (χ2v) is 4.17. The van der Waals surface area contributed by atoms with E-state index in [0.29, 0.717) is 12.4 Å². The van der Waals surface area contributed by atoms with E-state index in [0.717, 1.165) is 5.56 Å². The number of alkyl halides is 3. The minimum atomic E-state index is -4.08. The molecule has 1 aromatic heterocycles. The van der Waals surface area contributed by atoms with Crippen LogP contribution in [0.5, 0.6) is 0 Å². The Labute approximate surface area is 92.1 Å². The lowest BCUT2D eigenvalue weighted by Crippen LogP contribution is -2.27. The summed E-state index contributed by atoms with van der Waals surface area (Å²) >= 11 is 0. The molecule has 16 heavy (non-hydrogen) atoms. The lowest BCUT2D eigenvalue weighted by atomic mass is 10.1. The highest BCUT2D eigenvalue weighted by Gasteiger charge is 2.43. The van der Waals surface area contributed by atoms with Gasteiger partial charge in [0.2, 0.25) is 0 Å². The van der Waals surface area contributed by atoms with Crippen molar-refractivity contribution < 1.29 is 13.2 Å². The zero-order valence-corrected chi connectivity index (χ0v) is 8.96. The Hall–Kier alpha value is -1.26. The van der Waals surface area contributed by atoms with Crippen molar-refractivity contribution in [2.24, 2.45) is 5.92 Å². The Morgan fingerprint density at radius 1 is 1.38 bits per heavy atom. The van der Waals surface area contributed by atoms with Gasteiger partial charge in [-0.3, -0.25) is 0 Å². The number of hydrogen-bond acceptors (Lipinski definition) is 2. The Bertz CT molecular complexity index is 358. The summed E-state index contributed by atoms with van der Waals surface area (Å²) in [5.74, 6) is -0.576. The predicted molar refractivity (Wildman–Crippen MR) is 55.3 cm³/mol. The molecule has 5 heteroatoms. The molecule has 0 bridgehead atoms. The van der Waals surface area contributed by atoms with Crippen LogP contribution in [-0.4, -0.2) is 24.2 Å². The van der Waals surface area contributed by atoms with Crippen LogP contribution in [0.25, 0.3) is 0 Å². The van der Waals surface area contributed by atoms with Crippen molar-refractivity contribution in [3.8, 4) is 0 Å². The quantitative estimate of drug-likeness (QED) is 0.737. The molecule has 0 spiro atoms. The number of hydrogen-bond donors (Lipinski definition) is 0. The molecule has 0 aromatic carbocycles. The van der Waals surface area contributed by atoms with Crippen LogP contribution in [0.1, 0.15) is 12.0 Å². The van der Waals surface area contributed by atoms with E-state index in [9.17, 15) is 13.2 Å². The van der Waals surface area contributed by atoms with Gasteiger partial charge in [-0.2, -0.15) is 13.2 Å². The van der Waals surface area contributed by atoms with Crippen LogP contribution in [0, 0.1) is 12.8 Å². The molecule has 2 rings (SSSR count). The second kappa shape index (κ2) is 3.96. The first kappa shape index (κ1) is 11.2. The van der Waals surface area contributed by atoms with E-state index in [1.165, 1.54) is 0 Å². The van der Waals surface area contributed by atoms with Gasteiger partial charge in [-0.05, 0) is 25.0 Å². The molecule has 0 amide bonds. The Kier molecular flexibility index (Phi) is 2.78. The van der Waals surface area contributed by atoms with Gasteiger partial charge in [-0.25, -0.2) is 4.98 Å². The predicted octanol–water partition coefficient (Wildman–Crippen LogP) is 2.78. The number of nitrogens with zero attached hydrogens (tertiary/aromatic N) is 2. The zero-order chi connectivity index (χ0) is 11.8. The largest absolute Gasteiger partial charge is 0.393 e. The summed E-state index contributed by atoms with van der Waals surface area (Å²) in [7, 11) is 0. The Morgan fingerprint density at radius 2 is 2.12 bits per heavy atom. The average Bonchev–Trinajstić information content (AvgIpc) is 2.67. The summed E-state index contributed by atoms with van der Waals surface area (Å²) in [5, 5.41) is 0. The monoisotopic (exact) mass is 230 g/mol. The standard InChI is InChI=1S/C11H13F3N2/c1-8-2-3-10(15-6-8)16-5-4-9(7-16)11(12,13)14/h2-3,6,9H,4-5,7H2,1H3/t9-/m1/s1. The molecule has 0 radical (unpaired) electrons. The summed E-state index contributed by atoms with van der Waals surface area (Å²) in [5.41, 5.74) is 1.01. The van der Waals surface area contributed by atoms with Crippen molar-refractivity contribution in [3.05, 3.63) is 23.9 Å². The van der Waals surface area contributed by atoms with E-state index in [4.69, 9.17) is 0 Å². The molecular formula is C11H13F3N2. The highest BCUT2D eigenvalue weighted by atomic mass is 19.4. The van der Waals surface area contributed by atoms with Crippen LogP contribution in [0.4, 0.5) is 19.0 Å². The third kappa shape index (κ3) is 2.28. The molecule has 1 aliphatic heterocycles. The number of halogens is 3. The lowest BCUT2D eigenvalue weighted by Gasteiger charge is -2.18. The molecule has 1 atom stereocenters. The SMILES string of the molecule is Cc1ccc(N2CC[C@@H](C(F)(F)F)C2)nc1. The van der Waals surface area contributed by atoms with Crippen molar-refractivity contribution in [1.82, 2.24) is 4.98 Å². The van der Waals surface area contributed by atoms with Gasteiger partial charge in [0.15, 0.2) is 0 Å². The van der Waals surface area contributed by atoms with Crippen molar-refractivity contribution in [2.45, 2.75) is 19.5 Å². The maximum absolute atomic E-state index is 12.5. The van der Waals surface area contributed by atoms with Crippen LogP contribution < -0.4 is 4.90 Å². The third-order valence-corrected chi connectivity index (χ3v) is 2.87. The van der Waals surface area contributed by atoms with Gasteiger partial charge >= 0.3 is 6.18 Å². The topological polar surface area (TPSA) is 16.1 Å². The van der Waals surface area contributed by atoms with E-state index in [2.05, 4.69) is 4.98 Å². The molecule has 88 valence electrons. The first-order valence-electron chi connectivity index (χ1n) is 5.21. The molecule has 2 nitrogen and oxygen atoms in total. The van der Waals surface area contributed by atoms with E-state index < -0.39 is 12.1 Å². The van der Waals surface area contributed by atoms with Gasteiger partial charge in [-0.1, -0.05) is 6.07 Å². The third-order valence-electron chi connectivity index (χ3n) is 2.87. The van der Waals surface area contributed by atoms with E-state index in [-0.39, 0.29) is 13.0 Å². The molecule has 1 saturated heterocycles. The van der Waals surface area contributed by atoms with Crippen LogP contribution in [0.2, 0.25) is 0 Å². The van der Waals surface area contributed by atoms with Gasteiger partial charge in [0.1, 0.15) is 5.82 Å². The highest BCUT2D eigenvalue weighted by molar-refractivity contribution is 5.40. The molecule has 0 saturated carbocycles. The Balaban J connectivity index is 2.06. The van der Waals surface area contributed by atoms with Gasteiger partial charge in [0.05, 0.1) is 5.92 Å². The van der Waals surface area contributed by atoms with Gasteiger partial charge in [0, 0.05) is 19.3 Å². The molecule has 0 aliphatic carbocycles. The molecule has 1 aliphatic rings. The molecule has 2 heterocycles. The number of aromatic nitrogens is 1. The van der Waals surface area contributed by atoms with Gasteiger partial charge in [0.25, 0.3) is 0 Å². The number of pyridine rings is 1. The van der Waals surface area contributed by atoms with Crippen molar-refractivity contribution in [1.29, 1.82) is 0 Å². The van der Waals surface area contributed by atoms with Crippen LogP contribution in [-0.2, 0) is 0 Å². The normalized spacial score (nSPS) is 21.5. The average molecular weight is 230 g/mol. The van der Waals surface area contributed by atoms with Crippen LogP contribution >= 0.6 is 0 Å². The van der Waals surface area contributed by atoms with E-state index >= 15 is 0 Å². The fourth-order valence-corrected chi connectivity index (χ4v) is 1.88. The second-order valence-electron chi connectivity index (χ2n) is 4.17. The van der Waals surface area contributed by atoms with Gasteiger partial charge < -0.3 is 4.90 Å². The lowest BCUT2D eigenvalue weighted by molar-refractivity contribution is -0.168. The summed E-state index contributed by atoms with van der Waals surface area (Å²) < 4.78 is 37.4. The fraction of sp³-hybridized carbons (Fsp3) is 0.545. The van der Waals surface area contributed by atoms with Crippen LogP contribution in [0.3, 0.4) is 0 Å². The number of aryl methyl sites for hydroxylation is 1. The van der Waals surface area contributed by atoms with Crippen molar-refractivity contribution >= 4 is 5.82 Å². The number of anilines is 1. The first-order chi connectivity index (χ1) is 7.47. The minimum absolute atomic E-state index is 0.0273. The Morgan fingerprint density at radius 3 is 2.62 bits per heavy atom. The summed E-state index contributed by atoms with van der Waals surface area (Å²) in [6.07, 6.45) is -2.24. The zero-order valence-electron chi connectivity index (χ0n) is 8.96. The maximum atomic E-state index is 12.5. The smallest absolute Gasteiger partial charge is 0.356 e. The van der Waals surface area contributed by atoms with Crippen molar-refractivity contribution in [3.63, 3.8) is 0 Å². The van der Waals surface area contributed by atoms with Gasteiger partial charge in [-0.15, -0.1) is 0 Å². The maximum Gasteiger partial charge on any atom is 0.393 e. The summed E-state index contributed by atoms with van der Waals surface area (Å²) in [4.78, 5) is 5.83. The minimum Gasteiger partial charge on any atom is -0.356 e. The van der Waals surface area contributed by atoms with E-state index in [1.807, 2.05) is 13.0 Å². The highest BCUT2D eigenvalue weighted by Crippen LogP contribution is 2.34. The summed E-state index contributed by atoms with van der Waals surface area (Å²) in [6, 6.07) is 3.64. The molecule has 0 N–H and O–H groups in total. The molecule has 1 fully saturated rings. The first-order valence-corrected chi connectivity index (χ1v) is 5.21. The van der Waals surface area contributed by atoms with E-state index in [1.54, 1.807) is 17.2 Å². The molecule has 0 unspecified atom stereocenters. The molecular weight excluding hydrogens is 217 g/mol. The number of rotatable bonds is 1. The summed E-state index contributed by atoms with van der Waals surface area (Å²) in [6.45, 7) is 2.36. The van der Waals surface area contributed by atoms with Crippen molar-refractivity contribution in [2.75, 3.05) is 18.0 Å².